The molecule has 0 unspecified atom stereocenters. The quantitative estimate of drug-likeness (QED) is 0.285. The molecule has 0 aliphatic carbocycles. The predicted octanol–water partition coefficient (Wildman–Crippen LogP) is -7.00. The van der Waals surface area contributed by atoms with Crippen LogP contribution >= 0.6 is 8.60 Å². The molecule has 0 radical (unpaired) electrons. The summed E-state index contributed by atoms with van der Waals surface area (Å²) in [5.41, 5.74) is 0. The van der Waals surface area contributed by atoms with Gasteiger partial charge in [-0.3, -0.25) is 0 Å². The van der Waals surface area contributed by atoms with Gasteiger partial charge in [-0.15, -0.1) is 0 Å². The van der Waals surface area contributed by atoms with E-state index in [0.717, 1.165) is 12.8 Å². The molecule has 0 aliphatic rings. The van der Waals surface area contributed by atoms with Gasteiger partial charge in [-0.05, 0) is 6.42 Å². The average molecular weight is 256 g/mol. The number of unbranched alkanes of at least 4 members (excludes halogenated alkanes) is 1. The zero-order chi connectivity index (χ0) is 6.41. The van der Waals surface area contributed by atoms with Gasteiger partial charge in [-0.1, -0.05) is 13.3 Å². The SMILES string of the molecule is CCCCOP([O-])[O-].[Cl-].[Cl-].[Mg+2].[Mg+2]. The van der Waals surface area contributed by atoms with E-state index in [-0.39, 0.29) is 70.9 Å². The zero-order valence-electron chi connectivity index (χ0n) is 6.96. The molecule has 3 nitrogen and oxygen atoms in total. The molecule has 8 heteroatoms. The molecule has 0 amide bonds. The second-order valence-corrected chi connectivity index (χ2v) is 2.12. The van der Waals surface area contributed by atoms with E-state index in [9.17, 15) is 9.79 Å². The first kappa shape index (κ1) is 29.3. The smallest absolute Gasteiger partial charge is 1.00 e. The van der Waals surface area contributed by atoms with E-state index in [1.54, 1.807) is 0 Å². The van der Waals surface area contributed by atoms with Crippen molar-refractivity contribution >= 4 is 54.7 Å². The third-order valence-electron chi connectivity index (χ3n) is 0.695. The largest absolute Gasteiger partial charge is 2.00 e. The van der Waals surface area contributed by atoms with E-state index in [1.807, 2.05) is 6.92 Å². The third-order valence-corrected chi connectivity index (χ3v) is 1.09. The Labute approximate surface area is 119 Å². The van der Waals surface area contributed by atoms with Gasteiger partial charge in [0.25, 0.3) is 0 Å². The minimum Gasteiger partial charge on any atom is -1.00 e. The van der Waals surface area contributed by atoms with Crippen molar-refractivity contribution in [1.82, 2.24) is 0 Å². The van der Waals surface area contributed by atoms with Crippen molar-refractivity contribution in [2.75, 3.05) is 6.61 Å². The van der Waals surface area contributed by atoms with Crippen molar-refractivity contribution in [3.05, 3.63) is 0 Å². The van der Waals surface area contributed by atoms with Crippen LogP contribution in [0.25, 0.3) is 0 Å². The van der Waals surface area contributed by atoms with Crippen LogP contribution in [0.5, 0.6) is 0 Å². The summed E-state index contributed by atoms with van der Waals surface area (Å²) in [5, 5.41) is 0. The van der Waals surface area contributed by atoms with Crippen LogP contribution in [0.1, 0.15) is 19.8 Å². The Morgan fingerprint density at radius 2 is 1.58 bits per heavy atom. The van der Waals surface area contributed by atoms with Gasteiger partial charge in [0, 0.05) is 6.61 Å². The topological polar surface area (TPSA) is 55.3 Å². The van der Waals surface area contributed by atoms with E-state index in [2.05, 4.69) is 4.52 Å². The first-order valence-electron chi connectivity index (χ1n) is 2.54. The van der Waals surface area contributed by atoms with E-state index in [0.29, 0.717) is 6.61 Å². The standard InChI is InChI=1S/C4H9O3P.2ClH.2Mg/c1-2-3-4-7-8(5)6;;;;/h2-4H2,1H3;2*1H;;/q-2;;;2*+2/p-2. The summed E-state index contributed by atoms with van der Waals surface area (Å²) in [6, 6.07) is 0. The summed E-state index contributed by atoms with van der Waals surface area (Å²) in [6.07, 6.45) is 1.77. The Bertz CT molecular complexity index is 63.6. The average Bonchev–Trinajstić information content (AvgIpc) is 1.66. The molecule has 12 heavy (non-hydrogen) atoms. The molecular weight excluding hydrogens is 247 g/mol. The van der Waals surface area contributed by atoms with Gasteiger partial charge in [0.2, 0.25) is 0 Å². The van der Waals surface area contributed by atoms with Crippen LogP contribution in [0, 0.1) is 0 Å². The fourth-order valence-electron chi connectivity index (χ4n) is 0.283. The van der Waals surface area contributed by atoms with Crippen molar-refractivity contribution in [2.45, 2.75) is 19.8 Å². The first-order chi connectivity index (χ1) is 3.77. The van der Waals surface area contributed by atoms with Crippen LogP contribution in [0.2, 0.25) is 0 Å². The number of halogens is 2. The third kappa shape index (κ3) is 29.4. The van der Waals surface area contributed by atoms with E-state index < -0.39 is 8.60 Å². The van der Waals surface area contributed by atoms with Gasteiger partial charge in [0.1, 0.15) is 0 Å². The zero-order valence-corrected chi connectivity index (χ0v) is 12.2. The second kappa shape index (κ2) is 23.3. The minimum atomic E-state index is -2.61. The molecule has 0 heterocycles. The van der Waals surface area contributed by atoms with Crippen LogP contribution in [-0.2, 0) is 4.52 Å². The van der Waals surface area contributed by atoms with Gasteiger partial charge < -0.3 is 39.1 Å². The van der Waals surface area contributed by atoms with Crippen LogP contribution in [0.15, 0.2) is 0 Å². The van der Waals surface area contributed by atoms with Crippen molar-refractivity contribution < 1.29 is 39.1 Å². The molecule has 0 N–H and O–H groups in total. The molecule has 0 saturated carbocycles. The summed E-state index contributed by atoms with van der Waals surface area (Å²) in [5.74, 6) is 0. The van der Waals surface area contributed by atoms with Crippen molar-refractivity contribution in [2.24, 2.45) is 0 Å². The molecule has 0 aromatic heterocycles. The fourth-order valence-corrected chi connectivity index (χ4v) is 0.562. The molecule has 0 saturated heterocycles. The summed E-state index contributed by atoms with van der Waals surface area (Å²) >= 11 is 0. The molecule has 0 aromatic rings. The van der Waals surface area contributed by atoms with Crippen LogP contribution in [0.3, 0.4) is 0 Å². The van der Waals surface area contributed by atoms with Gasteiger partial charge in [-0.25, -0.2) is 0 Å². The molecule has 0 aromatic carbocycles. The van der Waals surface area contributed by atoms with Gasteiger partial charge >= 0.3 is 46.1 Å². The molecule has 0 bridgehead atoms. The second-order valence-electron chi connectivity index (χ2n) is 1.41. The van der Waals surface area contributed by atoms with Gasteiger partial charge in [0.15, 0.2) is 0 Å². The summed E-state index contributed by atoms with van der Waals surface area (Å²) < 4.78 is 4.24. The fraction of sp³-hybridized carbons (Fsp3) is 1.00. The van der Waals surface area contributed by atoms with E-state index in [4.69, 9.17) is 0 Å². The maximum Gasteiger partial charge on any atom is 2.00 e. The van der Waals surface area contributed by atoms with E-state index >= 15 is 0 Å². The molecule has 0 rings (SSSR count). The van der Waals surface area contributed by atoms with Crippen molar-refractivity contribution in [1.29, 1.82) is 0 Å². The Kier molecular flexibility index (Phi) is 56.9. The number of hydrogen-bond acceptors (Lipinski definition) is 3. The summed E-state index contributed by atoms with van der Waals surface area (Å²) in [4.78, 5) is 19.4. The number of hydrogen-bond donors (Lipinski definition) is 0. The monoisotopic (exact) mass is 254 g/mol. The summed E-state index contributed by atoms with van der Waals surface area (Å²) in [6.45, 7) is 2.30. The van der Waals surface area contributed by atoms with Gasteiger partial charge in [-0.2, -0.15) is 8.60 Å². The summed E-state index contributed by atoms with van der Waals surface area (Å²) in [7, 11) is -2.61. The molecular formula is C4H9Cl2Mg2O3P. The maximum atomic E-state index is 9.69. The van der Waals surface area contributed by atoms with Crippen molar-refractivity contribution in [3.63, 3.8) is 0 Å². The first-order valence-corrected chi connectivity index (χ1v) is 3.64. The Morgan fingerprint density at radius 1 is 1.17 bits per heavy atom. The Hall–Kier alpha value is 2.42. The number of rotatable bonds is 4. The van der Waals surface area contributed by atoms with E-state index in [1.165, 1.54) is 0 Å². The molecule has 0 atom stereocenters. The molecule has 0 spiro atoms. The Balaban J connectivity index is -0.0000000408. The van der Waals surface area contributed by atoms with Crippen LogP contribution in [0.4, 0.5) is 0 Å². The van der Waals surface area contributed by atoms with Gasteiger partial charge in [0.05, 0.1) is 0 Å². The maximum absolute atomic E-state index is 9.69. The Morgan fingerprint density at radius 3 is 1.83 bits per heavy atom. The van der Waals surface area contributed by atoms with Crippen LogP contribution < -0.4 is 34.6 Å². The van der Waals surface area contributed by atoms with Crippen molar-refractivity contribution in [3.8, 4) is 0 Å². The molecule has 0 aliphatic heterocycles. The normalized spacial score (nSPS) is 7.00. The molecule has 0 fully saturated rings. The minimum absolute atomic E-state index is 0. The molecule has 66 valence electrons. The predicted molar refractivity (Wildman–Crippen MR) is 39.3 cm³/mol. The van der Waals surface area contributed by atoms with Crippen LogP contribution in [-0.4, -0.2) is 52.7 Å².